The van der Waals surface area contributed by atoms with Crippen molar-refractivity contribution in [2.24, 2.45) is 22.8 Å². The van der Waals surface area contributed by atoms with E-state index in [1.807, 2.05) is 47.5 Å². The van der Waals surface area contributed by atoms with E-state index in [4.69, 9.17) is 39.9 Å². The molecular weight excluding hydrogens is 970 g/mol. The second-order valence-corrected chi connectivity index (χ2v) is 19.3. The van der Waals surface area contributed by atoms with E-state index in [1.165, 1.54) is 6.07 Å². The zero-order chi connectivity index (χ0) is 53.8. The highest BCUT2D eigenvalue weighted by Crippen LogP contribution is 2.45. The van der Waals surface area contributed by atoms with Crippen molar-refractivity contribution in [3.63, 3.8) is 0 Å². The maximum atomic E-state index is 15.5. The van der Waals surface area contributed by atoms with E-state index in [1.54, 1.807) is 23.9 Å². The number of amides is 3. The molecule has 20 nitrogen and oxygen atoms in total. The molecule has 1 aliphatic rings. The summed E-state index contributed by atoms with van der Waals surface area (Å²) in [5, 5.41) is 26.5. The molecule has 0 saturated heterocycles. The van der Waals surface area contributed by atoms with Gasteiger partial charge in [-0.1, -0.05) is 49.4 Å². The van der Waals surface area contributed by atoms with Crippen molar-refractivity contribution in [2.75, 3.05) is 106 Å². The Morgan fingerprint density at radius 2 is 1.45 bits per heavy atom. The fraction of sp³-hybridized carbons (Fsp3) is 0.556. The zero-order valence-electron chi connectivity index (χ0n) is 43.8. The lowest BCUT2D eigenvalue weighted by atomic mass is 9.82. The van der Waals surface area contributed by atoms with E-state index < -0.39 is 5.97 Å². The Bertz CT molecular complexity index is 2360. The highest BCUT2D eigenvalue weighted by molar-refractivity contribution is 5.77. The van der Waals surface area contributed by atoms with Gasteiger partial charge in [0.25, 0.3) is 0 Å². The number of nitrogens with one attached hydrogen (secondary N) is 3. The molecule has 1 atom stereocenters. The molecule has 4 aromatic rings. The van der Waals surface area contributed by atoms with E-state index in [9.17, 15) is 24.3 Å². The van der Waals surface area contributed by atoms with Gasteiger partial charge in [0.2, 0.25) is 17.7 Å². The van der Waals surface area contributed by atoms with Crippen molar-refractivity contribution in [2.45, 2.75) is 78.0 Å². The molecule has 1 heterocycles. The van der Waals surface area contributed by atoms with Crippen LogP contribution in [0.4, 0.5) is 4.39 Å². The lowest BCUT2D eigenvalue weighted by molar-refractivity contribution is -0.137. The van der Waals surface area contributed by atoms with Gasteiger partial charge in [0, 0.05) is 77.3 Å². The van der Waals surface area contributed by atoms with Gasteiger partial charge in [-0.15, -0.1) is 5.10 Å². The lowest BCUT2D eigenvalue weighted by Crippen LogP contribution is -2.40. The van der Waals surface area contributed by atoms with Crippen LogP contribution in [0.3, 0.4) is 0 Å². The van der Waals surface area contributed by atoms with Gasteiger partial charge in [-0.05, 0) is 89.1 Å². The summed E-state index contributed by atoms with van der Waals surface area (Å²) in [6.45, 7) is 10.1. The Morgan fingerprint density at radius 1 is 0.787 bits per heavy atom. The van der Waals surface area contributed by atoms with Gasteiger partial charge in [-0.3, -0.25) is 23.9 Å². The summed E-state index contributed by atoms with van der Waals surface area (Å²) in [5.74, 6) is -0.164. The summed E-state index contributed by atoms with van der Waals surface area (Å²) >= 11 is 0. The van der Waals surface area contributed by atoms with Crippen LogP contribution in [0.15, 0.2) is 66.9 Å². The van der Waals surface area contributed by atoms with Crippen LogP contribution in [-0.2, 0) is 64.3 Å². The van der Waals surface area contributed by atoms with Crippen molar-refractivity contribution in [3.05, 3.63) is 95.1 Å². The number of halogens is 1. The number of benzene rings is 3. The molecule has 1 fully saturated rings. The third-order valence-corrected chi connectivity index (χ3v) is 12.3. The average molecular weight is 1050 g/mol. The molecule has 0 bridgehead atoms. The van der Waals surface area contributed by atoms with Crippen LogP contribution in [0.2, 0.25) is 0 Å². The van der Waals surface area contributed by atoms with Crippen LogP contribution in [-0.4, -0.2) is 154 Å². The highest BCUT2D eigenvalue weighted by atomic mass is 19.1. The van der Waals surface area contributed by atoms with Crippen LogP contribution in [0, 0.1) is 17.2 Å². The molecule has 3 aromatic carbocycles. The predicted molar refractivity (Wildman–Crippen MR) is 279 cm³/mol. The number of carboxylic acid groups (broad SMARTS) is 1. The van der Waals surface area contributed by atoms with Crippen LogP contribution in [0.1, 0.15) is 74.3 Å². The second kappa shape index (κ2) is 32.4. The zero-order valence-corrected chi connectivity index (χ0v) is 43.8. The smallest absolute Gasteiger partial charge is 0.303 e. The van der Waals surface area contributed by atoms with Gasteiger partial charge in [0.1, 0.15) is 36.2 Å². The summed E-state index contributed by atoms with van der Waals surface area (Å²) in [7, 11) is 1.55. The number of methoxy groups -OCH3 is 1. The van der Waals surface area contributed by atoms with Crippen LogP contribution < -0.4 is 36.9 Å². The minimum Gasteiger partial charge on any atom is -0.497 e. The van der Waals surface area contributed by atoms with Gasteiger partial charge < -0.3 is 65.8 Å². The van der Waals surface area contributed by atoms with Gasteiger partial charge in [0.15, 0.2) is 0 Å². The standard InChI is InChI=1S/C54H78FN9O11/c1-54(2,33-42-29-39(7-11-46(42)48-31-44(70-3)10-12-49(48)55)35-75-45-6-4-5-41(30-45)47(32-53(68)69)40-8-9-40)38-64-34-43(61-62-64)36-73-27-25-71-23-24-72-26-28-74-37-52(67)60-19-22-63(20-13-50(65)58-17-15-56)21-14-51(66)59-18-16-57/h4-7,10-12,29-31,34,40,47H,8-9,13-28,32-33,35-38,56-57H2,1-3H3,(H,58,65)(H,59,66)(H,60,67)(H,68,69)/t47-/m0/s1. The molecule has 1 aliphatic carbocycles. The fourth-order valence-electron chi connectivity index (χ4n) is 8.48. The monoisotopic (exact) mass is 1050 g/mol. The Kier molecular flexibility index (Phi) is 25.8. The first-order valence-electron chi connectivity index (χ1n) is 25.8. The highest BCUT2D eigenvalue weighted by Gasteiger charge is 2.34. The lowest BCUT2D eigenvalue weighted by Gasteiger charge is -2.26. The van der Waals surface area contributed by atoms with Crippen molar-refractivity contribution in [1.29, 1.82) is 0 Å². The van der Waals surface area contributed by atoms with Crippen molar-refractivity contribution >= 4 is 23.7 Å². The number of hydrogen-bond acceptors (Lipinski definition) is 15. The SMILES string of the molecule is COc1ccc(F)c(-c2ccc(COc3cccc([C@@H](CC(=O)O)C4CC4)c3)cc2CC(C)(C)Cn2cc(COCCOCCOCCOCC(=O)NCCN(CCC(=O)NCCN)CCC(=O)NCCN)nn2)c1. The number of nitrogens with two attached hydrogens (primary N) is 2. The van der Waals surface area contributed by atoms with Crippen molar-refractivity contribution in [3.8, 4) is 22.6 Å². The molecule has 1 aromatic heterocycles. The average Bonchev–Trinajstić information content (AvgIpc) is 4.15. The molecule has 0 aliphatic heterocycles. The second-order valence-electron chi connectivity index (χ2n) is 19.3. The largest absolute Gasteiger partial charge is 0.497 e. The first-order chi connectivity index (χ1) is 36.2. The van der Waals surface area contributed by atoms with Crippen molar-refractivity contribution in [1.82, 2.24) is 35.8 Å². The minimum atomic E-state index is -0.805. The third kappa shape index (κ3) is 22.7. The van der Waals surface area contributed by atoms with E-state index >= 15 is 4.39 Å². The Hall–Kier alpha value is -6.07. The quantitative estimate of drug-likeness (QED) is 0.0347. The molecule has 1 saturated carbocycles. The maximum Gasteiger partial charge on any atom is 0.303 e. The molecular formula is C54H78FN9O11. The number of hydrogen-bond donors (Lipinski definition) is 6. The number of aliphatic carboxylic acids is 1. The molecule has 3 amide bonds. The molecule has 0 unspecified atom stereocenters. The minimum absolute atomic E-state index is 0.0407. The molecule has 0 radical (unpaired) electrons. The molecule has 8 N–H and O–H groups in total. The number of aromatic nitrogens is 3. The summed E-state index contributed by atoms with van der Waals surface area (Å²) in [6.07, 6.45) is 5.07. The van der Waals surface area contributed by atoms with Gasteiger partial charge in [0.05, 0.1) is 66.0 Å². The first-order valence-corrected chi connectivity index (χ1v) is 25.8. The van der Waals surface area contributed by atoms with Crippen LogP contribution in [0.5, 0.6) is 11.5 Å². The summed E-state index contributed by atoms with van der Waals surface area (Å²) in [4.78, 5) is 50.0. The number of nitrogens with zero attached hydrogens (tertiary/aromatic N) is 4. The topological polar surface area (TPSA) is 266 Å². The normalized spacial score (nSPS) is 12.9. The molecule has 412 valence electrons. The molecule has 5 rings (SSSR count). The summed E-state index contributed by atoms with van der Waals surface area (Å²) in [5.41, 5.74) is 15.2. The van der Waals surface area contributed by atoms with Gasteiger partial charge >= 0.3 is 5.97 Å². The Balaban J connectivity index is 0.987. The van der Waals surface area contributed by atoms with Crippen LogP contribution >= 0.6 is 0 Å². The number of carbonyl (C=O) groups excluding carboxylic acids is 3. The third-order valence-electron chi connectivity index (χ3n) is 12.3. The Labute approximate surface area is 439 Å². The predicted octanol–water partition coefficient (Wildman–Crippen LogP) is 3.82. The van der Waals surface area contributed by atoms with E-state index in [2.05, 4.69) is 46.2 Å². The van der Waals surface area contributed by atoms with Crippen molar-refractivity contribution < 1.29 is 57.1 Å². The maximum absolute atomic E-state index is 15.5. The summed E-state index contributed by atoms with van der Waals surface area (Å²) in [6, 6.07) is 18.4. The number of ether oxygens (including phenoxy) is 6. The van der Waals surface area contributed by atoms with Gasteiger partial charge in [-0.2, -0.15) is 0 Å². The number of rotatable bonds is 39. The van der Waals surface area contributed by atoms with E-state index in [-0.39, 0.29) is 87.2 Å². The molecule has 75 heavy (non-hydrogen) atoms. The Morgan fingerprint density at radius 3 is 2.11 bits per heavy atom. The summed E-state index contributed by atoms with van der Waals surface area (Å²) < 4.78 is 51.4. The van der Waals surface area contributed by atoms with E-state index in [0.717, 1.165) is 35.1 Å². The fourth-order valence-corrected chi connectivity index (χ4v) is 8.48. The number of carbonyl (C=O) groups is 4. The molecule has 0 spiro atoms. The first kappa shape index (κ1) is 59.8. The number of carboxylic acids is 1. The van der Waals surface area contributed by atoms with Gasteiger partial charge in [-0.25, -0.2) is 4.39 Å². The van der Waals surface area contributed by atoms with Crippen LogP contribution in [0.25, 0.3) is 11.1 Å². The molecule has 21 heteroatoms. The van der Waals surface area contributed by atoms with E-state index in [0.29, 0.717) is 120 Å².